The second kappa shape index (κ2) is 4.28. The number of aryl methyl sites for hydroxylation is 1. The van der Waals surface area contributed by atoms with E-state index in [2.05, 4.69) is 0 Å². The maximum atomic E-state index is 13.5. The summed E-state index contributed by atoms with van der Waals surface area (Å²) in [5.74, 6) is -2.16. The standard InChI is InChI=1S/C13H12F3N/c1-2-7-3-9(17)4-8-5-11(15)13(16)10(6-14)12(7)8/h3-5H,2,6,17H2,1H3. The average molecular weight is 239 g/mol. The minimum atomic E-state index is -1.11. The lowest BCUT2D eigenvalue weighted by Gasteiger charge is -2.11. The Balaban J connectivity index is 2.95. The Morgan fingerprint density at radius 3 is 2.47 bits per heavy atom. The van der Waals surface area contributed by atoms with Crippen LogP contribution in [0.2, 0.25) is 0 Å². The molecular formula is C13H12F3N. The van der Waals surface area contributed by atoms with E-state index in [1.165, 1.54) is 6.07 Å². The van der Waals surface area contributed by atoms with Crippen LogP contribution >= 0.6 is 0 Å². The molecule has 2 aromatic rings. The number of anilines is 1. The summed E-state index contributed by atoms with van der Waals surface area (Å²) >= 11 is 0. The van der Waals surface area contributed by atoms with Crippen LogP contribution in [0.3, 0.4) is 0 Å². The molecule has 4 heteroatoms. The molecule has 2 aromatic carbocycles. The number of nitrogen functional groups attached to an aromatic ring is 1. The Morgan fingerprint density at radius 1 is 1.18 bits per heavy atom. The first kappa shape index (κ1) is 11.8. The molecule has 0 aliphatic carbocycles. The summed E-state index contributed by atoms with van der Waals surface area (Å²) < 4.78 is 39.7. The highest BCUT2D eigenvalue weighted by atomic mass is 19.2. The maximum Gasteiger partial charge on any atom is 0.165 e. The molecule has 0 aliphatic heterocycles. The van der Waals surface area contributed by atoms with Gasteiger partial charge in [-0.1, -0.05) is 6.92 Å². The Labute approximate surface area is 97.0 Å². The molecule has 0 unspecified atom stereocenters. The van der Waals surface area contributed by atoms with Crippen LogP contribution in [0, 0.1) is 11.6 Å². The van der Waals surface area contributed by atoms with Crippen LogP contribution in [0.4, 0.5) is 18.9 Å². The average Bonchev–Trinajstić information content (AvgIpc) is 2.30. The number of alkyl halides is 1. The predicted octanol–water partition coefficient (Wildman–Crippen LogP) is 3.73. The lowest BCUT2D eigenvalue weighted by atomic mass is 9.96. The van der Waals surface area contributed by atoms with Gasteiger partial charge in [0.05, 0.1) is 0 Å². The molecule has 1 nitrogen and oxygen atoms in total. The minimum absolute atomic E-state index is 0.225. The fourth-order valence-electron chi connectivity index (χ4n) is 2.09. The summed E-state index contributed by atoms with van der Waals surface area (Å²) in [5.41, 5.74) is 6.64. The lowest BCUT2D eigenvalue weighted by molar-refractivity contribution is 0.445. The highest BCUT2D eigenvalue weighted by Crippen LogP contribution is 2.30. The first-order valence-corrected chi connectivity index (χ1v) is 5.33. The van der Waals surface area contributed by atoms with Crippen molar-refractivity contribution < 1.29 is 13.2 Å². The molecule has 90 valence electrons. The van der Waals surface area contributed by atoms with Crippen molar-refractivity contribution >= 4 is 16.5 Å². The topological polar surface area (TPSA) is 26.0 Å². The molecule has 0 saturated carbocycles. The molecule has 0 fully saturated rings. The molecule has 2 rings (SSSR count). The van der Waals surface area contributed by atoms with Crippen LogP contribution in [-0.4, -0.2) is 0 Å². The fraction of sp³-hybridized carbons (Fsp3) is 0.231. The van der Waals surface area contributed by atoms with E-state index in [1.54, 1.807) is 6.07 Å². The molecule has 2 N–H and O–H groups in total. The number of halogens is 3. The van der Waals surface area contributed by atoms with Gasteiger partial charge in [0.1, 0.15) is 6.67 Å². The van der Waals surface area contributed by atoms with E-state index < -0.39 is 18.3 Å². The van der Waals surface area contributed by atoms with Crippen molar-refractivity contribution in [3.05, 3.63) is 41.0 Å². The lowest BCUT2D eigenvalue weighted by Crippen LogP contribution is -1.99. The summed E-state index contributed by atoms with van der Waals surface area (Å²) in [6, 6.07) is 4.24. The van der Waals surface area contributed by atoms with Crippen molar-refractivity contribution in [1.82, 2.24) is 0 Å². The third-order valence-electron chi connectivity index (χ3n) is 2.85. The second-order valence-electron chi connectivity index (χ2n) is 3.92. The van der Waals surface area contributed by atoms with Gasteiger partial charge < -0.3 is 5.73 Å². The normalized spacial score (nSPS) is 11.1. The Kier molecular flexibility index (Phi) is 2.96. The van der Waals surface area contributed by atoms with Gasteiger partial charge in [0.15, 0.2) is 11.6 Å². The molecule has 0 bridgehead atoms. The van der Waals surface area contributed by atoms with Gasteiger partial charge in [-0.25, -0.2) is 13.2 Å². The van der Waals surface area contributed by atoms with Crippen molar-refractivity contribution in [1.29, 1.82) is 0 Å². The molecule has 0 aliphatic rings. The summed E-state index contributed by atoms with van der Waals surface area (Å²) in [7, 11) is 0. The van der Waals surface area contributed by atoms with Gasteiger partial charge in [-0.3, -0.25) is 0 Å². The fourth-order valence-corrected chi connectivity index (χ4v) is 2.09. The van der Waals surface area contributed by atoms with Crippen LogP contribution in [0.1, 0.15) is 18.1 Å². The van der Waals surface area contributed by atoms with Crippen LogP contribution in [-0.2, 0) is 13.1 Å². The summed E-state index contributed by atoms with van der Waals surface area (Å²) in [4.78, 5) is 0. The van der Waals surface area contributed by atoms with Crippen molar-refractivity contribution in [2.24, 2.45) is 0 Å². The predicted molar refractivity (Wildman–Crippen MR) is 62.5 cm³/mol. The van der Waals surface area contributed by atoms with Gasteiger partial charge in [0, 0.05) is 11.3 Å². The van der Waals surface area contributed by atoms with Gasteiger partial charge in [0.25, 0.3) is 0 Å². The van der Waals surface area contributed by atoms with Crippen LogP contribution in [0.25, 0.3) is 10.8 Å². The first-order valence-electron chi connectivity index (χ1n) is 5.33. The summed E-state index contributed by atoms with van der Waals surface area (Å²) in [5, 5.41) is 0.872. The van der Waals surface area contributed by atoms with Gasteiger partial charge in [0.2, 0.25) is 0 Å². The largest absolute Gasteiger partial charge is 0.399 e. The van der Waals surface area contributed by atoms with Crippen LogP contribution < -0.4 is 5.73 Å². The number of rotatable bonds is 2. The third kappa shape index (κ3) is 1.84. The number of benzene rings is 2. The monoisotopic (exact) mass is 239 g/mol. The zero-order chi connectivity index (χ0) is 12.6. The Bertz CT molecular complexity index is 579. The van der Waals surface area contributed by atoms with Gasteiger partial charge >= 0.3 is 0 Å². The van der Waals surface area contributed by atoms with Gasteiger partial charge in [-0.2, -0.15) is 0 Å². The van der Waals surface area contributed by atoms with Crippen LogP contribution in [0.15, 0.2) is 18.2 Å². The third-order valence-corrected chi connectivity index (χ3v) is 2.85. The van der Waals surface area contributed by atoms with E-state index in [0.717, 1.165) is 11.6 Å². The van der Waals surface area contributed by atoms with Gasteiger partial charge in [-0.15, -0.1) is 0 Å². The number of hydrogen-bond donors (Lipinski definition) is 1. The molecule has 0 radical (unpaired) electrons. The zero-order valence-corrected chi connectivity index (χ0v) is 9.36. The molecule has 0 spiro atoms. The van der Waals surface area contributed by atoms with Crippen LogP contribution in [0.5, 0.6) is 0 Å². The highest BCUT2D eigenvalue weighted by Gasteiger charge is 2.16. The van der Waals surface area contributed by atoms with E-state index in [0.29, 0.717) is 22.9 Å². The maximum absolute atomic E-state index is 13.5. The minimum Gasteiger partial charge on any atom is -0.399 e. The van der Waals surface area contributed by atoms with E-state index >= 15 is 0 Å². The Hall–Kier alpha value is -1.71. The zero-order valence-electron chi connectivity index (χ0n) is 9.36. The van der Waals surface area contributed by atoms with E-state index in [9.17, 15) is 13.2 Å². The van der Waals surface area contributed by atoms with Gasteiger partial charge in [-0.05, 0) is 41.0 Å². The summed E-state index contributed by atoms with van der Waals surface area (Å²) in [6.07, 6.45) is 0.583. The van der Waals surface area contributed by atoms with Crippen molar-refractivity contribution in [2.45, 2.75) is 20.0 Å². The molecule has 0 amide bonds. The molecule has 0 aromatic heterocycles. The van der Waals surface area contributed by atoms with Crippen molar-refractivity contribution in [3.63, 3.8) is 0 Å². The first-order chi connectivity index (χ1) is 8.08. The molecular weight excluding hydrogens is 227 g/mol. The smallest absolute Gasteiger partial charge is 0.165 e. The SMILES string of the molecule is CCc1cc(N)cc2cc(F)c(F)c(CF)c12. The summed E-state index contributed by atoms with van der Waals surface area (Å²) in [6.45, 7) is 0.828. The van der Waals surface area contributed by atoms with E-state index in [4.69, 9.17) is 5.73 Å². The molecule has 17 heavy (non-hydrogen) atoms. The number of hydrogen-bond acceptors (Lipinski definition) is 1. The van der Waals surface area contributed by atoms with Crippen molar-refractivity contribution in [3.8, 4) is 0 Å². The van der Waals surface area contributed by atoms with E-state index in [-0.39, 0.29) is 5.56 Å². The van der Waals surface area contributed by atoms with Crippen molar-refractivity contribution in [2.75, 3.05) is 5.73 Å². The molecule has 0 atom stereocenters. The highest BCUT2D eigenvalue weighted by molar-refractivity contribution is 5.91. The quantitative estimate of drug-likeness (QED) is 0.794. The number of fused-ring (bicyclic) bond motifs is 1. The number of nitrogens with two attached hydrogens (primary N) is 1. The molecule has 0 saturated heterocycles. The second-order valence-corrected chi connectivity index (χ2v) is 3.92. The Morgan fingerprint density at radius 2 is 1.88 bits per heavy atom. The molecule has 0 heterocycles. The van der Waals surface area contributed by atoms with E-state index in [1.807, 2.05) is 6.92 Å².